The van der Waals surface area contributed by atoms with Crippen molar-refractivity contribution < 1.29 is 0 Å². The summed E-state index contributed by atoms with van der Waals surface area (Å²) in [4.78, 5) is 4.39. The number of halogens is 1. The molecule has 0 bridgehead atoms. The topological polar surface area (TPSA) is 29.3 Å². The number of anilines is 2. The molecule has 0 unspecified atom stereocenters. The van der Waals surface area contributed by atoms with Crippen molar-refractivity contribution >= 4 is 46.0 Å². The standard InChI is InChI=1S/C29H25ClN2S/c1-20(22-9-13-26(14-10-22)32(3)27-15-11-25(30)12-16-27)23-17-24(21(2)31)19-29(18-23)33-28-7-5-4-6-8-28/h4-19H,1-2,31H2,3H3. The van der Waals surface area contributed by atoms with Crippen LogP contribution < -0.4 is 10.6 Å². The predicted octanol–water partition coefficient (Wildman–Crippen LogP) is 8.25. The summed E-state index contributed by atoms with van der Waals surface area (Å²) >= 11 is 7.72. The Kier molecular flexibility index (Phi) is 6.93. The third-order valence-corrected chi connectivity index (χ3v) is 6.65. The Balaban J connectivity index is 1.60. The lowest BCUT2D eigenvalue weighted by Gasteiger charge is -2.20. The van der Waals surface area contributed by atoms with E-state index in [1.807, 2.05) is 55.6 Å². The molecule has 33 heavy (non-hydrogen) atoms. The minimum Gasteiger partial charge on any atom is -0.399 e. The molecule has 4 rings (SSSR count). The maximum atomic E-state index is 6.05. The molecule has 0 saturated heterocycles. The Labute approximate surface area is 205 Å². The molecule has 2 nitrogen and oxygen atoms in total. The average Bonchev–Trinajstić information content (AvgIpc) is 2.84. The lowest BCUT2D eigenvalue weighted by Crippen LogP contribution is -2.09. The molecule has 0 aliphatic rings. The average molecular weight is 469 g/mol. The van der Waals surface area contributed by atoms with E-state index in [0.717, 1.165) is 43.6 Å². The van der Waals surface area contributed by atoms with Crippen molar-refractivity contribution in [3.8, 4) is 0 Å². The first-order chi connectivity index (χ1) is 15.9. The lowest BCUT2D eigenvalue weighted by atomic mass is 9.97. The predicted molar refractivity (Wildman–Crippen MR) is 144 cm³/mol. The van der Waals surface area contributed by atoms with Crippen LogP contribution in [0.4, 0.5) is 11.4 Å². The van der Waals surface area contributed by atoms with Crippen molar-refractivity contribution in [2.75, 3.05) is 11.9 Å². The monoisotopic (exact) mass is 468 g/mol. The van der Waals surface area contributed by atoms with Crippen LogP contribution in [-0.2, 0) is 0 Å². The number of hydrogen-bond donors (Lipinski definition) is 1. The van der Waals surface area contributed by atoms with Crippen molar-refractivity contribution in [1.82, 2.24) is 0 Å². The van der Waals surface area contributed by atoms with Gasteiger partial charge in [0.1, 0.15) is 0 Å². The van der Waals surface area contributed by atoms with E-state index >= 15 is 0 Å². The van der Waals surface area contributed by atoms with E-state index in [-0.39, 0.29) is 0 Å². The van der Waals surface area contributed by atoms with E-state index in [9.17, 15) is 0 Å². The normalized spacial score (nSPS) is 10.6. The van der Waals surface area contributed by atoms with Gasteiger partial charge in [0.2, 0.25) is 0 Å². The summed E-state index contributed by atoms with van der Waals surface area (Å²) in [6.45, 7) is 8.32. The molecule has 0 amide bonds. The first kappa shape index (κ1) is 22.8. The molecule has 4 heteroatoms. The van der Waals surface area contributed by atoms with Gasteiger partial charge in [-0.15, -0.1) is 0 Å². The molecule has 0 spiro atoms. The van der Waals surface area contributed by atoms with Gasteiger partial charge < -0.3 is 10.6 Å². The summed E-state index contributed by atoms with van der Waals surface area (Å²) < 4.78 is 0. The maximum absolute atomic E-state index is 6.05. The minimum absolute atomic E-state index is 0.541. The van der Waals surface area contributed by atoms with Crippen LogP contribution in [0.25, 0.3) is 11.3 Å². The summed E-state index contributed by atoms with van der Waals surface area (Å²) in [6.07, 6.45) is 0. The van der Waals surface area contributed by atoms with Gasteiger partial charge in [-0.2, -0.15) is 0 Å². The van der Waals surface area contributed by atoms with Gasteiger partial charge in [-0.3, -0.25) is 0 Å². The Hall–Kier alpha value is -3.40. The second-order valence-corrected chi connectivity index (χ2v) is 9.33. The van der Waals surface area contributed by atoms with Gasteiger partial charge in [0.25, 0.3) is 0 Å². The molecule has 164 valence electrons. The third kappa shape index (κ3) is 5.51. The number of nitrogens with two attached hydrogens (primary N) is 1. The van der Waals surface area contributed by atoms with Crippen molar-refractivity contribution in [1.29, 1.82) is 0 Å². The highest BCUT2D eigenvalue weighted by atomic mass is 35.5. The minimum atomic E-state index is 0.541. The highest BCUT2D eigenvalue weighted by Crippen LogP contribution is 2.34. The first-order valence-electron chi connectivity index (χ1n) is 10.5. The van der Waals surface area contributed by atoms with Crippen LogP contribution in [0.15, 0.2) is 120 Å². The third-order valence-electron chi connectivity index (χ3n) is 5.42. The smallest absolute Gasteiger partial charge is 0.0409 e. The SMILES string of the molecule is C=C(N)c1cc(Sc2ccccc2)cc(C(=C)c2ccc(N(C)c3ccc(Cl)cc3)cc2)c1. The summed E-state index contributed by atoms with van der Waals surface area (Å²) in [5, 5.41) is 0.728. The van der Waals surface area contributed by atoms with Crippen LogP contribution in [0.2, 0.25) is 5.02 Å². The van der Waals surface area contributed by atoms with Crippen molar-refractivity contribution in [2.45, 2.75) is 9.79 Å². The largest absolute Gasteiger partial charge is 0.399 e. The highest BCUT2D eigenvalue weighted by Gasteiger charge is 2.10. The van der Waals surface area contributed by atoms with Crippen LogP contribution in [-0.4, -0.2) is 7.05 Å². The highest BCUT2D eigenvalue weighted by molar-refractivity contribution is 7.99. The molecule has 0 aliphatic heterocycles. The zero-order valence-corrected chi connectivity index (χ0v) is 20.0. The van der Waals surface area contributed by atoms with Crippen molar-refractivity contribution in [2.24, 2.45) is 5.73 Å². The zero-order valence-electron chi connectivity index (χ0n) is 18.5. The quantitative estimate of drug-likeness (QED) is 0.296. The number of hydrogen-bond acceptors (Lipinski definition) is 3. The van der Waals surface area contributed by atoms with Crippen molar-refractivity contribution in [3.63, 3.8) is 0 Å². The summed E-state index contributed by atoms with van der Waals surface area (Å²) in [5.41, 5.74) is 12.7. The van der Waals surface area contributed by atoms with Gasteiger partial charge in [-0.25, -0.2) is 0 Å². The number of benzene rings is 4. The fraction of sp³-hybridized carbons (Fsp3) is 0.0345. The van der Waals surface area contributed by atoms with E-state index in [1.54, 1.807) is 11.8 Å². The fourth-order valence-corrected chi connectivity index (χ4v) is 4.57. The van der Waals surface area contributed by atoms with Crippen LogP contribution in [0.5, 0.6) is 0 Å². The molecule has 0 saturated carbocycles. The fourth-order valence-electron chi connectivity index (χ4n) is 3.51. The summed E-state index contributed by atoms with van der Waals surface area (Å²) in [5.74, 6) is 0. The van der Waals surface area contributed by atoms with Gasteiger partial charge in [-0.1, -0.05) is 66.9 Å². The molecule has 4 aromatic carbocycles. The molecule has 0 radical (unpaired) electrons. The molecule has 0 atom stereocenters. The van der Waals surface area contributed by atoms with Crippen molar-refractivity contribution in [3.05, 3.63) is 132 Å². The van der Waals surface area contributed by atoms with Crippen LogP contribution in [0.1, 0.15) is 16.7 Å². The van der Waals surface area contributed by atoms with E-state index in [2.05, 4.69) is 66.6 Å². The van der Waals surface area contributed by atoms with Gasteiger partial charge >= 0.3 is 0 Å². The zero-order chi connectivity index (χ0) is 23.4. The molecule has 2 N–H and O–H groups in total. The molecule has 0 heterocycles. The van der Waals surface area contributed by atoms with Crippen LogP contribution >= 0.6 is 23.4 Å². The Morgan fingerprint density at radius 2 is 1.30 bits per heavy atom. The van der Waals surface area contributed by atoms with Crippen LogP contribution in [0, 0.1) is 0 Å². The van der Waals surface area contributed by atoms with E-state index in [1.165, 1.54) is 4.90 Å². The Morgan fingerprint density at radius 1 is 0.727 bits per heavy atom. The van der Waals surface area contributed by atoms with E-state index in [0.29, 0.717) is 5.70 Å². The molecule has 0 aliphatic carbocycles. The molecule has 0 fully saturated rings. The summed E-state index contributed by atoms with van der Waals surface area (Å²) in [6, 6.07) is 32.7. The van der Waals surface area contributed by atoms with E-state index in [4.69, 9.17) is 17.3 Å². The molecular weight excluding hydrogens is 444 g/mol. The molecule has 0 aromatic heterocycles. The summed E-state index contributed by atoms with van der Waals surface area (Å²) in [7, 11) is 2.04. The number of nitrogens with zero attached hydrogens (tertiary/aromatic N) is 1. The van der Waals surface area contributed by atoms with Crippen LogP contribution in [0.3, 0.4) is 0 Å². The van der Waals surface area contributed by atoms with E-state index < -0.39 is 0 Å². The van der Waals surface area contributed by atoms with Gasteiger partial charge in [-0.05, 0) is 89.0 Å². The van der Waals surface area contributed by atoms with Gasteiger partial charge in [0.15, 0.2) is 0 Å². The lowest BCUT2D eigenvalue weighted by molar-refractivity contribution is 1.21. The first-order valence-corrected chi connectivity index (χ1v) is 11.7. The maximum Gasteiger partial charge on any atom is 0.0409 e. The second-order valence-electron chi connectivity index (χ2n) is 7.75. The van der Waals surface area contributed by atoms with Gasteiger partial charge in [0.05, 0.1) is 0 Å². The second kappa shape index (κ2) is 10.0. The number of rotatable bonds is 7. The Morgan fingerprint density at radius 3 is 1.91 bits per heavy atom. The Bertz CT molecular complexity index is 1280. The molecular formula is C29H25ClN2S. The molecule has 4 aromatic rings. The van der Waals surface area contributed by atoms with Gasteiger partial charge in [0, 0.05) is 38.9 Å².